The molecule has 16 heavy (non-hydrogen) atoms. The smallest absolute Gasteiger partial charge is 0.358 e. The Kier molecular flexibility index (Phi) is 2.62. The molecule has 0 aliphatic carbocycles. The number of carbonyl (C=O) groups is 1. The zero-order chi connectivity index (χ0) is 11.7. The molecule has 6 heteroatoms. The number of hydrogen-bond donors (Lipinski definition) is 1. The highest BCUT2D eigenvalue weighted by Crippen LogP contribution is 2.18. The Labute approximate surface area is 96.3 Å². The largest absolute Gasteiger partial charge is 0.476 e. The van der Waals surface area contributed by atoms with E-state index in [0.29, 0.717) is 5.02 Å². The van der Waals surface area contributed by atoms with E-state index in [1.807, 2.05) is 6.92 Å². The fourth-order valence-electron chi connectivity index (χ4n) is 1.36. The third-order valence-corrected chi connectivity index (χ3v) is 2.35. The number of benzene rings is 1. The molecule has 0 saturated heterocycles. The molecule has 0 saturated carbocycles. The van der Waals surface area contributed by atoms with Crippen molar-refractivity contribution in [1.29, 1.82) is 0 Å². The van der Waals surface area contributed by atoms with Crippen LogP contribution < -0.4 is 0 Å². The van der Waals surface area contributed by atoms with Gasteiger partial charge in [0, 0.05) is 5.02 Å². The summed E-state index contributed by atoms with van der Waals surface area (Å²) in [4.78, 5) is 10.6. The third-order valence-electron chi connectivity index (χ3n) is 2.12. The van der Waals surface area contributed by atoms with Gasteiger partial charge in [0.1, 0.15) is 0 Å². The van der Waals surface area contributed by atoms with Gasteiger partial charge in [0.2, 0.25) is 0 Å². The van der Waals surface area contributed by atoms with Crippen molar-refractivity contribution in [2.75, 3.05) is 0 Å². The van der Waals surface area contributed by atoms with Crippen molar-refractivity contribution in [3.63, 3.8) is 0 Å². The second-order valence-electron chi connectivity index (χ2n) is 3.28. The zero-order valence-electron chi connectivity index (χ0n) is 8.38. The standard InChI is InChI=1S/C10H8ClN3O2/c1-6-4-7(11)2-3-9(6)14-5-8(10(15)16)12-13-14/h2-5H,1H3,(H,15,16). The lowest BCUT2D eigenvalue weighted by Crippen LogP contribution is -1.98. The average Bonchev–Trinajstić information content (AvgIpc) is 2.66. The van der Waals surface area contributed by atoms with Gasteiger partial charge in [0.15, 0.2) is 5.69 Å². The van der Waals surface area contributed by atoms with Crippen LogP contribution in [-0.4, -0.2) is 26.1 Å². The molecule has 0 atom stereocenters. The summed E-state index contributed by atoms with van der Waals surface area (Å²) in [6.45, 7) is 1.86. The zero-order valence-corrected chi connectivity index (χ0v) is 9.14. The molecule has 0 bridgehead atoms. The average molecular weight is 238 g/mol. The lowest BCUT2D eigenvalue weighted by atomic mass is 10.2. The van der Waals surface area contributed by atoms with E-state index in [1.54, 1.807) is 18.2 Å². The second-order valence-corrected chi connectivity index (χ2v) is 3.72. The number of nitrogens with zero attached hydrogens (tertiary/aromatic N) is 3. The Balaban J connectivity index is 2.46. The summed E-state index contributed by atoms with van der Waals surface area (Å²) in [5.41, 5.74) is 1.56. The minimum Gasteiger partial charge on any atom is -0.476 e. The number of aromatic carboxylic acids is 1. The number of halogens is 1. The molecule has 0 aliphatic heterocycles. The molecule has 1 heterocycles. The van der Waals surface area contributed by atoms with Crippen molar-refractivity contribution in [1.82, 2.24) is 15.0 Å². The van der Waals surface area contributed by atoms with Gasteiger partial charge in [-0.2, -0.15) is 0 Å². The van der Waals surface area contributed by atoms with Crippen LogP contribution in [0.25, 0.3) is 5.69 Å². The van der Waals surface area contributed by atoms with Crippen LogP contribution in [0, 0.1) is 6.92 Å². The number of carboxylic acids is 1. The molecule has 1 aromatic carbocycles. The summed E-state index contributed by atoms with van der Waals surface area (Å²) in [6.07, 6.45) is 1.36. The maximum absolute atomic E-state index is 10.6. The van der Waals surface area contributed by atoms with E-state index in [1.165, 1.54) is 10.9 Å². The number of aromatic nitrogens is 3. The van der Waals surface area contributed by atoms with Gasteiger partial charge in [-0.1, -0.05) is 16.8 Å². The summed E-state index contributed by atoms with van der Waals surface area (Å²) < 4.78 is 1.41. The molecule has 2 rings (SSSR count). The molecule has 5 nitrogen and oxygen atoms in total. The Morgan fingerprint density at radius 3 is 2.81 bits per heavy atom. The highest BCUT2D eigenvalue weighted by Gasteiger charge is 2.10. The van der Waals surface area contributed by atoms with Crippen LogP contribution >= 0.6 is 11.6 Å². The number of carboxylic acid groups (broad SMARTS) is 1. The topological polar surface area (TPSA) is 68.0 Å². The van der Waals surface area contributed by atoms with Crippen LogP contribution in [0.15, 0.2) is 24.4 Å². The fraction of sp³-hybridized carbons (Fsp3) is 0.100. The molecule has 1 N–H and O–H groups in total. The lowest BCUT2D eigenvalue weighted by Gasteiger charge is -2.04. The van der Waals surface area contributed by atoms with Crippen molar-refractivity contribution >= 4 is 17.6 Å². The molecule has 2 aromatic rings. The highest BCUT2D eigenvalue weighted by atomic mass is 35.5. The van der Waals surface area contributed by atoms with E-state index < -0.39 is 5.97 Å². The normalized spacial score (nSPS) is 10.4. The lowest BCUT2D eigenvalue weighted by molar-refractivity contribution is 0.0690. The highest BCUT2D eigenvalue weighted by molar-refractivity contribution is 6.30. The maximum atomic E-state index is 10.6. The summed E-state index contributed by atoms with van der Waals surface area (Å²) in [7, 11) is 0. The molecule has 0 spiro atoms. The Hall–Kier alpha value is -1.88. The molecule has 0 unspecified atom stereocenters. The minimum atomic E-state index is -1.10. The summed E-state index contributed by atoms with van der Waals surface area (Å²) >= 11 is 5.82. The van der Waals surface area contributed by atoms with Gasteiger partial charge in [0.25, 0.3) is 0 Å². The first-order valence-corrected chi connectivity index (χ1v) is 4.88. The Bertz CT molecular complexity index is 551. The fourth-order valence-corrected chi connectivity index (χ4v) is 1.58. The van der Waals surface area contributed by atoms with Crippen molar-refractivity contribution in [2.45, 2.75) is 6.92 Å². The molecule has 0 aliphatic rings. The number of hydrogen-bond acceptors (Lipinski definition) is 3. The van der Waals surface area contributed by atoms with E-state index in [2.05, 4.69) is 10.3 Å². The monoisotopic (exact) mass is 237 g/mol. The second kappa shape index (κ2) is 3.94. The summed E-state index contributed by atoms with van der Waals surface area (Å²) in [5, 5.41) is 16.6. The van der Waals surface area contributed by atoms with Crippen LogP contribution in [0.3, 0.4) is 0 Å². The van der Waals surface area contributed by atoms with Crippen molar-refractivity contribution in [2.24, 2.45) is 0 Å². The van der Waals surface area contributed by atoms with Gasteiger partial charge < -0.3 is 5.11 Å². The quantitative estimate of drug-likeness (QED) is 0.867. The van der Waals surface area contributed by atoms with Crippen molar-refractivity contribution in [3.8, 4) is 5.69 Å². The molecule has 1 aromatic heterocycles. The predicted octanol–water partition coefficient (Wildman–Crippen LogP) is 1.93. The molecule has 0 fully saturated rings. The summed E-state index contributed by atoms with van der Waals surface area (Å²) in [5.74, 6) is -1.10. The van der Waals surface area contributed by atoms with E-state index in [4.69, 9.17) is 16.7 Å². The van der Waals surface area contributed by atoms with E-state index in [0.717, 1.165) is 11.3 Å². The third kappa shape index (κ3) is 1.90. The van der Waals surface area contributed by atoms with Crippen molar-refractivity contribution < 1.29 is 9.90 Å². The summed E-state index contributed by atoms with van der Waals surface area (Å²) in [6, 6.07) is 5.25. The SMILES string of the molecule is Cc1cc(Cl)ccc1-n1cc(C(=O)O)nn1. The van der Waals surface area contributed by atoms with E-state index in [-0.39, 0.29) is 5.69 Å². The first-order chi connectivity index (χ1) is 7.58. The first-order valence-electron chi connectivity index (χ1n) is 4.50. The number of aryl methyl sites for hydroxylation is 1. The molecular formula is C10H8ClN3O2. The van der Waals surface area contributed by atoms with Gasteiger partial charge in [-0.15, -0.1) is 5.10 Å². The van der Waals surface area contributed by atoms with E-state index >= 15 is 0 Å². The predicted molar refractivity (Wildman–Crippen MR) is 58.1 cm³/mol. The Morgan fingerprint density at radius 1 is 1.50 bits per heavy atom. The van der Waals surface area contributed by atoms with Crippen LogP contribution in [0.1, 0.15) is 16.1 Å². The van der Waals surface area contributed by atoms with Gasteiger partial charge in [0.05, 0.1) is 11.9 Å². The Morgan fingerprint density at radius 2 is 2.25 bits per heavy atom. The minimum absolute atomic E-state index is 0.0886. The maximum Gasteiger partial charge on any atom is 0.358 e. The van der Waals surface area contributed by atoms with Gasteiger partial charge >= 0.3 is 5.97 Å². The number of rotatable bonds is 2. The van der Waals surface area contributed by atoms with Gasteiger partial charge in [-0.05, 0) is 30.7 Å². The van der Waals surface area contributed by atoms with Crippen LogP contribution in [-0.2, 0) is 0 Å². The van der Waals surface area contributed by atoms with Gasteiger partial charge in [-0.3, -0.25) is 0 Å². The van der Waals surface area contributed by atoms with Crippen molar-refractivity contribution in [3.05, 3.63) is 40.7 Å². The van der Waals surface area contributed by atoms with Crippen LogP contribution in [0.2, 0.25) is 5.02 Å². The molecular weight excluding hydrogens is 230 g/mol. The van der Waals surface area contributed by atoms with Gasteiger partial charge in [-0.25, -0.2) is 9.48 Å². The van der Waals surface area contributed by atoms with Crippen LogP contribution in [0.5, 0.6) is 0 Å². The van der Waals surface area contributed by atoms with E-state index in [9.17, 15) is 4.79 Å². The van der Waals surface area contributed by atoms with Crippen LogP contribution in [0.4, 0.5) is 0 Å². The molecule has 0 amide bonds. The molecule has 0 radical (unpaired) electrons. The first kappa shape index (κ1) is 10.6. The molecule has 82 valence electrons.